The Kier molecular flexibility index (Phi) is 6.18. The fraction of sp³-hybridized carbons (Fsp3) is 0.417. The van der Waals surface area contributed by atoms with Gasteiger partial charge in [0.25, 0.3) is 5.56 Å². The normalized spacial score (nSPS) is 16.8. The van der Waals surface area contributed by atoms with Gasteiger partial charge in [0.15, 0.2) is 0 Å². The lowest BCUT2D eigenvalue weighted by Gasteiger charge is -2.38. The first-order chi connectivity index (χ1) is 14.4. The fourth-order valence-electron chi connectivity index (χ4n) is 3.95. The molecule has 2 aromatic heterocycles. The van der Waals surface area contributed by atoms with Crippen LogP contribution in [-0.4, -0.2) is 38.5 Å². The molecule has 1 aromatic carbocycles. The number of hydrogen-bond donors (Lipinski definition) is 1. The van der Waals surface area contributed by atoms with E-state index >= 15 is 0 Å². The van der Waals surface area contributed by atoms with E-state index in [0.717, 1.165) is 30.2 Å². The Morgan fingerprint density at radius 1 is 1.10 bits per heavy atom. The molecule has 0 spiro atoms. The number of benzene rings is 1. The molecule has 0 unspecified atom stereocenters. The predicted molar refractivity (Wildman–Crippen MR) is 122 cm³/mol. The van der Waals surface area contributed by atoms with Crippen molar-refractivity contribution >= 4 is 11.3 Å². The third-order valence-electron chi connectivity index (χ3n) is 5.92. The van der Waals surface area contributed by atoms with E-state index in [4.69, 9.17) is 0 Å². The quantitative estimate of drug-likeness (QED) is 0.648. The minimum Gasteiger partial charge on any atom is -0.388 e. The largest absolute Gasteiger partial charge is 0.388 e. The number of likely N-dealkylation sites (tertiary alicyclic amines) is 1. The highest BCUT2D eigenvalue weighted by Gasteiger charge is 2.33. The van der Waals surface area contributed by atoms with Gasteiger partial charge in [-0.25, -0.2) is 4.68 Å². The van der Waals surface area contributed by atoms with Gasteiger partial charge >= 0.3 is 0 Å². The van der Waals surface area contributed by atoms with Crippen LogP contribution in [0.3, 0.4) is 0 Å². The summed E-state index contributed by atoms with van der Waals surface area (Å²) in [6, 6.07) is 16.1. The molecule has 1 aliphatic rings. The molecule has 0 atom stereocenters. The van der Waals surface area contributed by atoms with Crippen molar-refractivity contribution in [2.75, 3.05) is 13.1 Å². The zero-order chi connectivity index (χ0) is 21.1. The van der Waals surface area contributed by atoms with Crippen molar-refractivity contribution < 1.29 is 5.11 Å². The number of rotatable bonds is 6. The van der Waals surface area contributed by atoms with Gasteiger partial charge in [-0.1, -0.05) is 44.2 Å². The zero-order valence-corrected chi connectivity index (χ0v) is 18.4. The Labute approximate surface area is 181 Å². The maximum absolute atomic E-state index is 12.3. The highest BCUT2D eigenvalue weighted by Crippen LogP contribution is 2.26. The monoisotopic (exact) mass is 423 g/mol. The van der Waals surface area contributed by atoms with Gasteiger partial charge in [-0.15, -0.1) is 11.3 Å². The Morgan fingerprint density at radius 3 is 2.47 bits per heavy atom. The molecule has 1 aliphatic heterocycles. The first-order valence-electron chi connectivity index (χ1n) is 10.6. The summed E-state index contributed by atoms with van der Waals surface area (Å²) in [5.74, 6) is 0.541. The van der Waals surface area contributed by atoms with Gasteiger partial charge in [-0.2, -0.15) is 5.10 Å². The van der Waals surface area contributed by atoms with Crippen LogP contribution >= 0.6 is 11.3 Å². The lowest BCUT2D eigenvalue weighted by Crippen LogP contribution is -2.48. The molecule has 0 bridgehead atoms. The maximum atomic E-state index is 12.3. The van der Waals surface area contributed by atoms with E-state index in [1.807, 2.05) is 17.5 Å². The van der Waals surface area contributed by atoms with E-state index in [0.29, 0.717) is 18.8 Å². The molecule has 0 aliphatic carbocycles. The topological polar surface area (TPSA) is 58.4 Å². The van der Waals surface area contributed by atoms with Crippen LogP contribution in [0.2, 0.25) is 0 Å². The Balaban J connectivity index is 1.38. The van der Waals surface area contributed by atoms with Crippen LogP contribution in [0.25, 0.3) is 10.6 Å². The second-order valence-electron chi connectivity index (χ2n) is 8.59. The number of thiophene rings is 1. The average Bonchev–Trinajstić information content (AvgIpc) is 3.27. The molecule has 3 aromatic rings. The predicted octanol–water partition coefficient (Wildman–Crippen LogP) is 4.12. The second kappa shape index (κ2) is 8.84. The third-order valence-corrected chi connectivity index (χ3v) is 6.82. The van der Waals surface area contributed by atoms with E-state index in [1.54, 1.807) is 23.5 Å². The van der Waals surface area contributed by atoms with Gasteiger partial charge in [-0.05, 0) is 47.4 Å². The molecule has 158 valence electrons. The van der Waals surface area contributed by atoms with Gasteiger partial charge in [-0.3, -0.25) is 9.69 Å². The molecule has 30 heavy (non-hydrogen) atoms. The molecular weight excluding hydrogens is 394 g/mol. The number of nitrogens with zero attached hydrogens (tertiary/aromatic N) is 3. The smallest absolute Gasteiger partial charge is 0.266 e. The first kappa shape index (κ1) is 21.0. The van der Waals surface area contributed by atoms with E-state index in [2.05, 4.69) is 48.1 Å². The molecule has 5 nitrogen and oxygen atoms in total. The molecule has 1 fully saturated rings. The van der Waals surface area contributed by atoms with Crippen molar-refractivity contribution in [2.24, 2.45) is 0 Å². The molecule has 0 saturated carbocycles. The van der Waals surface area contributed by atoms with Crippen molar-refractivity contribution in [2.45, 2.75) is 51.3 Å². The molecule has 0 radical (unpaired) electrons. The standard InChI is InChI=1S/C24H29N3O2S/c1-18(2)20-7-5-19(6-8-20)16-26-13-11-24(29,12-14-26)17-27-23(28)10-9-21(25-27)22-4-3-15-30-22/h3-10,15,18,29H,11-14,16-17H2,1-2H3. The van der Waals surface area contributed by atoms with Crippen molar-refractivity contribution in [3.63, 3.8) is 0 Å². The lowest BCUT2D eigenvalue weighted by atomic mass is 9.91. The Bertz CT molecular complexity index is 1020. The van der Waals surface area contributed by atoms with E-state index < -0.39 is 5.60 Å². The number of piperidine rings is 1. The SMILES string of the molecule is CC(C)c1ccc(CN2CCC(O)(Cn3nc(-c4cccs4)ccc3=O)CC2)cc1. The summed E-state index contributed by atoms with van der Waals surface area (Å²) in [5, 5.41) is 17.6. The second-order valence-corrected chi connectivity index (χ2v) is 9.54. The van der Waals surface area contributed by atoms with Crippen molar-refractivity contribution in [1.29, 1.82) is 0 Å². The summed E-state index contributed by atoms with van der Waals surface area (Å²) in [5.41, 5.74) is 2.36. The first-order valence-corrected chi connectivity index (χ1v) is 11.5. The molecule has 1 N–H and O–H groups in total. The van der Waals surface area contributed by atoms with Crippen molar-refractivity contribution in [3.8, 4) is 10.6 Å². The molecule has 1 saturated heterocycles. The number of aromatic nitrogens is 2. The van der Waals surface area contributed by atoms with E-state index in [9.17, 15) is 9.90 Å². The number of hydrogen-bond acceptors (Lipinski definition) is 5. The molecule has 3 heterocycles. The van der Waals surface area contributed by atoms with Crippen LogP contribution < -0.4 is 5.56 Å². The zero-order valence-electron chi connectivity index (χ0n) is 17.6. The minimum atomic E-state index is -0.900. The summed E-state index contributed by atoms with van der Waals surface area (Å²) < 4.78 is 1.43. The van der Waals surface area contributed by atoms with Gasteiger partial charge in [0.1, 0.15) is 5.69 Å². The van der Waals surface area contributed by atoms with Crippen molar-refractivity contribution in [1.82, 2.24) is 14.7 Å². The van der Waals surface area contributed by atoms with Gasteiger partial charge < -0.3 is 5.11 Å². The van der Waals surface area contributed by atoms with Gasteiger partial charge in [0, 0.05) is 25.7 Å². The molecule has 6 heteroatoms. The highest BCUT2D eigenvalue weighted by atomic mass is 32.1. The van der Waals surface area contributed by atoms with E-state index in [1.165, 1.54) is 15.8 Å². The van der Waals surface area contributed by atoms with Gasteiger partial charge in [0.05, 0.1) is 17.0 Å². The van der Waals surface area contributed by atoms with Crippen LogP contribution in [0.5, 0.6) is 0 Å². The Hall–Kier alpha value is -2.28. The summed E-state index contributed by atoms with van der Waals surface area (Å²) >= 11 is 1.59. The fourth-order valence-corrected chi connectivity index (χ4v) is 4.64. The van der Waals surface area contributed by atoms with Crippen LogP contribution in [-0.2, 0) is 13.1 Å². The average molecular weight is 424 g/mol. The molecular formula is C24H29N3O2S. The summed E-state index contributed by atoms with van der Waals surface area (Å²) in [6.07, 6.45) is 1.27. The summed E-state index contributed by atoms with van der Waals surface area (Å²) in [6.45, 7) is 7.15. The minimum absolute atomic E-state index is 0.170. The summed E-state index contributed by atoms with van der Waals surface area (Å²) in [4.78, 5) is 15.7. The van der Waals surface area contributed by atoms with Gasteiger partial charge in [0.2, 0.25) is 0 Å². The Morgan fingerprint density at radius 2 is 1.83 bits per heavy atom. The molecule has 4 rings (SSSR count). The molecule has 0 amide bonds. The van der Waals surface area contributed by atoms with E-state index in [-0.39, 0.29) is 12.1 Å². The number of aliphatic hydroxyl groups is 1. The lowest BCUT2D eigenvalue weighted by molar-refractivity contribution is -0.0389. The van der Waals surface area contributed by atoms with Crippen LogP contribution in [0.15, 0.2) is 58.7 Å². The van der Waals surface area contributed by atoms with Crippen LogP contribution in [0.1, 0.15) is 43.7 Å². The van der Waals surface area contributed by atoms with Crippen LogP contribution in [0.4, 0.5) is 0 Å². The summed E-state index contributed by atoms with van der Waals surface area (Å²) in [7, 11) is 0. The van der Waals surface area contributed by atoms with Crippen LogP contribution in [0, 0.1) is 0 Å². The van der Waals surface area contributed by atoms with Crippen molar-refractivity contribution in [3.05, 3.63) is 75.4 Å². The highest BCUT2D eigenvalue weighted by molar-refractivity contribution is 7.13. The third kappa shape index (κ3) is 4.89. The maximum Gasteiger partial charge on any atom is 0.266 e.